The molecule has 2 aromatic rings. The monoisotopic (exact) mass is 320 g/mol. The van der Waals surface area contributed by atoms with Gasteiger partial charge < -0.3 is 15.1 Å². The fourth-order valence-electron chi connectivity index (χ4n) is 1.92. The van der Waals surface area contributed by atoms with Crippen molar-refractivity contribution >= 4 is 23.5 Å². The lowest BCUT2D eigenvalue weighted by molar-refractivity contribution is 0.249. The molecule has 2 amide bonds. The number of aryl methyl sites for hydroxylation is 1. The molecule has 0 aliphatic heterocycles. The fraction of sp³-hybridized carbons (Fsp3) is 0.400. The van der Waals surface area contributed by atoms with E-state index in [4.69, 9.17) is 4.42 Å². The number of carbonyl (C=O) groups excluding carboxylic acids is 1. The van der Waals surface area contributed by atoms with Gasteiger partial charge in [0.1, 0.15) is 0 Å². The summed E-state index contributed by atoms with van der Waals surface area (Å²) in [6.45, 7) is 3.80. The predicted molar refractivity (Wildman–Crippen MR) is 89.1 cm³/mol. The lowest BCUT2D eigenvalue weighted by Crippen LogP contribution is -2.39. The van der Waals surface area contributed by atoms with E-state index in [0.29, 0.717) is 11.8 Å². The van der Waals surface area contributed by atoms with Crippen molar-refractivity contribution in [3.63, 3.8) is 0 Å². The molecule has 0 bridgehead atoms. The number of hydrogen-bond acceptors (Lipinski definition) is 5. The van der Waals surface area contributed by atoms with Gasteiger partial charge >= 0.3 is 6.03 Å². The summed E-state index contributed by atoms with van der Waals surface area (Å²) < 4.78 is 5.36. The normalized spacial score (nSPS) is 12.0. The first-order valence-corrected chi connectivity index (χ1v) is 8.48. The molecule has 1 heterocycles. The van der Waals surface area contributed by atoms with Crippen LogP contribution in [0.4, 0.5) is 10.5 Å². The van der Waals surface area contributed by atoms with E-state index in [1.165, 1.54) is 0 Å². The molecular weight excluding hydrogens is 300 g/mol. The molecule has 2 rings (SSSR count). The largest absolute Gasteiger partial charge is 0.421 e. The first kappa shape index (κ1) is 16.4. The quantitative estimate of drug-likeness (QED) is 0.853. The molecule has 118 valence electrons. The summed E-state index contributed by atoms with van der Waals surface area (Å²) in [7, 11) is 0. The highest BCUT2D eigenvalue weighted by Gasteiger charge is 2.10. The number of carbonyl (C=O) groups is 1. The van der Waals surface area contributed by atoms with Crippen LogP contribution >= 0.6 is 11.8 Å². The molecule has 6 nitrogen and oxygen atoms in total. The Kier molecular flexibility index (Phi) is 5.83. The highest BCUT2D eigenvalue weighted by Crippen LogP contribution is 2.20. The predicted octanol–water partition coefficient (Wildman–Crippen LogP) is 3.31. The third-order valence-corrected chi connectivity index (χ3v) is 3.85. The SMILES string of the molecule is CCC(CSC)NC(=O)Nc1ccc(-c2nnc(C)o2)cc1. The number of nitrogens with one attached hydrogen (secondary N) is 2. The number of aromatic nitrogens is 2. The Morgan fingerprint density at radius 1 is 1.32 bits per heavy atom. The highest BCUT2D eigenvalue weighted by atomic mass is 32.2. The van der Waals surface area contributed by atoms with Crippen LogP contribution in [0, 0.1) is 6.92 Å². The van der Waals surface area contributed by atoms with E-state index < -0.39 is 0 Å². The number of urea groups is 1. The number of benzene rings is 1. The maximum atomic E-state index is 11.9. The van der Waals surface area contributed by atoms with Crippen molar-refractivity contribution in [3.8, 4) is 11.5 Å². The van der Waals surface area contributed by atoms with E-state index in [2.05, 4.69) is 27.8 Å². The van der Waals surface area contributed by atoms with Crippen LogP contribution in [0.3, 0.4) is 0 Å². The molecule has 1 unspecified atom stereocenters. The van der Waals surface area contributed by atoms with Gasteiger partial charge in [-0.1, -0.05) is 6.92 Å². The van der Waals surface area contributed by atoms with Crippen molar-refractivity contribution < 1.29 is 9.21 Å². The first-order valence-electron chi connectivity index (χ1n) is 7.09. The number of amides is 2. The van der Waals surface area contributed by atoms with Gasteiger partial charge in [-0.25, -0.2) is 4.79 Å². The zero-order valence-electron chi connectivity index (χ0n) is 12.9. The lowest BCUT2D eigenvalue weighted by atomic mass is 10.2. The van der Waals surface area contributed by atoms with E-state index in [1.807, 2.05) is 30.5 Å². The van der Waals surface area contributed by atoms with Crippen molar-refractivity contribution in [1.82, 2.24) is 15.5 Å². The van der Waals surface area contributed by atoms with Crippen molar-refractivity contribution in [1.29, 1.82) is 0 Å². The Bertz CT molecular complexity index is 612. The van der Waals surface area contributed by atoms with E-state index in [0.717, 1.165) is 23.4 Å². The van der Waals surface area contributed by atoms with Crippen LogP contribution in [0.15, 0.2) is 28.7 Å². The van der Waals surface area contributed by atoms with Crippen LogP contribution in [0.25, 0.3) is 11.5 Å². The molecule has 22 heavy (non-hydrogen) atoms. The van der Waals surface area contributed by atoms with Crippen LogP contribution in [-0.4, -0.2) is 34.3 Å². The molecule has 0 aliphatic carbocycles. The Morgan fingerprint density at radius 3 is 2.59 bits per heavy atom. The van der Waals surface area contributed by atoms with Gasteiger partial charge in [0.2, 0.25) is 11.8 Å². The van der Waals surface area contributed by atoms with Gasteiger partial charge in [-0.3, -0.25) is 0 Å². The van der Waals surface area contributed by atoms with Gasteiger partial charge in [-0.2, -0.15) is 11.8 Å². The molecule has 0 spiro atoms. The topological polar surface area (TPSA) is 80.0 Å². The van der Waals surface area contributed by atoms with Crippen LogP contribution in [0.1, 0.15) is 19.2 Å². The van der Waals surface area contributed by atoms with E-state index >= 15 is 0 Å². The average molecular weight is 320 g/mol. The minimum absolute atomic E-state index is 0.177. The zero-order chi connectivity index (χ0) is 15.9. The number of thioether (sulfide) groups is 1. The third-order valence-electron chi connectivity index (χ3n) is 3.11. The van der Waals surface area contributed by atoms with Crippen LogP contribution < -0.4 is 10.6 Å². The maximum absolute atomic E-state index is 11.9. The summed E-state index contributed by atoms with van der Waals surface area (Å²) in [5.41, 5.74) is 1.54. The molecule has 0 radical (unpaired) electrons. The average Bonchev–Trinajstić information content (AvgIpc) is 2.94. The summed E-state index contributed by atoms with van der Waals surface area (Å²) in [5, 5.41) is 13.5. The van der Waals surface area contributed by atoms with E-state index in [-0.39, 0.29) is 12.1 Å². The Morgan fingerprint density at radius 2 is 2.05 bits per heavy atom. The third kappa shape index (κ3) is 4.49. The Balaban J connectivity index is 1.94. The van der Waals surface area contributed by atoms with Crippen LogP contribution in [-0.2, 0) is 0 Å². The zero-order valence-corrected chi connectivity index (χ0v) is 13.7. The van der Waals surface area contributed by atoms with Crippen molar-refractivity contribution in [2.24, 2.45) is 0 Å². The molecule has 7 heteroatoms. The second-order valence-electron chi connectivity index (χ2n) is 4.86. The Hall–Kier alpha value is -2.02. The first-order chi connectivity index (χ1) is 10.6. The standard InChI is InChI=1S/C15H20N4O2S/c1-4-12(9-22-3)16-15(20)17-13-7-5-11(6-8-13)14-19-18-10(2)21-14/h5-8,12H,4,9H2,1-3H3,(H2,16,17,20). The van der Waals surface area contributed by atoms with Crippen molar-refractivity contribution in [3.05, 3.63) is 30.2 Å². The molecule has 0 saturated heterocycles. The summed E-state index contributed by atoms with van der Waals surface area (Å²) >= 11 is 1.72. The molecular formula is C15H20N4O2S. The maximum Gasteiger partial charge on any atom is 0.319 e. The van der Waals surface area contributed by atoms with Gasteiger partial charge in [0.15, 0.2) is 0 Å². The second-order valence-corrected chi connectivity index (χ2v) is 5.77. The minimum atomic E-state index is -0.192. The number of rotatable bonds is 6. The molecule has 1 atom stereocenters. The number of hydrogen-bond donors (Lipinski definition) is 2. The smallest absolute Gasteiger partial charge is 0.319 e. The number of anilines is 1. The van der Waals surface area contributed by atoms with Gasteiger partial charge in [-0.05, 0) is 36.9 Å². The molecule has 0 fully saturated rings. The summed E-state index contributed by atoms with van der Waals surface area (Å²) in [6, 6.07) is 7.27. The summed E-state index contributed by atoms with van der Waals surface area (Å²) in [4.78, 5) is 11.9. The Labute approximate surface area is 134 Å². The van der Waals surface area contributed by atoms with Crippen molar-refractivity contribution in [2.75, 3.05) is 17.3 Å². The van der Waals surface area contributed by atoms with Crippen LogP contribution in [0.2, 0.25) is 0 Å². The van der Waals surface area contributed by atoms with Gasteiger partial charge in [0.25, 0.3) is 0 Å². The molecule has 1 aromatic heterocycles. The van der Waals surface area contributed by atoms with Gasteiger partial charge in [0, 0.05) is 30.0 Å². The van der Waals surface area contributed by atoms with E-state index in [9.17, 15) is 4.79 Å². The fourth-order valence-corrected chi connectivity index (χ4v) is 2.65. The minimum Gasteiger partial charge on any atom is -0.421 e. The van der Waals surface area contributed by atoms with E-state index in [1.54, 1.807) is 18.7 Å². The summed E-state index contributed by atoms with van der Waals surface area (Å²) in [5.74, 6) is 1.90. The number of nitrogens with zero attached hydrogens (tertiary/aromatic N) is 2. The summed E-state index contributed by atoms with van der Waals surface area (Å²) in [6.07, 6.45) is 2.93. The van der Waals surface area contributed by atoms with Gasteiger partial charge in [0.05, 0.1) is 0 Å². The molecule has 0 aliphatic rings. The molecule has 2 N–H and O–H groups in total. The lowest BCUT2D eigenvalue weighted by Gasteiger charge is -2.16. The molecule has 1 aromatic carbocycles. The molecule has 0 saturated carbocycles. The van der Waals surface area contributed by atoms with Crippen molar-refractivity contribution in [2.45, 2.75) is 26.3 Å². The van der Waals surface area contributed by atoms with Gasteiger partial charge in [-0.15, -0.1) is 10.2 Å². The highest BCUT2D eigenvalue weighted by molar-refractivity contribution is 7.98. The van der Waals surface area contributed by atoms with Crippen LogP contribution in [0.5, 0.6) is 0 Å². The second kappa shape index (κ2) is 7.84.